The van der Waals surface area contributed by atoms with Crippen LogP contribution in [-0.4, -0.2) is 39.0 Å². The van der Waals surface area contributed by atoms with Crippen molar-refractivity contribution in [2.75, 3.05) is 5.73 Å². The molecule has 7 nitrogen and oxygen atoms in total. The van der Waals surface area contributed by atoms with Crippen LogP contribution in [0.5, 0.6) is 0 Å². The maximum absolute atomic E-state index is 10.9. The molecule has 0 spiro atoms. The van der Waals surface area contributed by atoms with Gasteiger partial charge in [-0.3, -0.25) is 4.98 Å². The summed E-state index contributed by atoms with van der Waals surface area (Å²) >= 11 is 0. The van der Waals surface area contributed by atoms with Crippen LogP contribution in [-0.2, 0) is 4.74 Å². The normalized spacial score (nSPS) is 33.6. The highest BCUT2D eigenvalue weighted by molar-refractivity contribution is 5.65. The number of hydrogen-bond acceptors (Lipinski definition) is 5. The fraction of sp³-hybridized carbons (Fsp3) is 0.538. The van der Waals surface area contributed by atoms with Gasteiger partial charge in [0.15, 0.2) is 0 Å². The summed E-state index contributed by atoms with van der Waals surface area (Å²) in [6.07, 6.45) is 1.33. The minimum atomic E-state index is -1.28. The fourth-order valence-corrected chi connectivity index (χ4v) is 2.44. The van der Waals surface area contributed by atoms with Gasteiger partial charge in [-0.05, 0) is 19.9 Å². The molecule has 0 unspecified atom stereocenters. The Morgan fingerprint density at radius 1 is 1.65 bits per heavy atom. The fourth-order valence-electron chi connectivity index (χ4n) is 2.44. The predicted octanol–water partition coefficient (Wildman–Crippen LogP) is 0.901. The summed E-state index contributed by atoms with van der Waals surface area (Å²) in [5, 5.41) is 21.6. The second kappa shape index (κ2) is 5.26. The number of amides is 1. The zero-order valence-corrected chi connectivity index (χ0v) is 11.4. The summed E-state index contributed by atoms with van der Waals surface area (Å²) in [6, 6.07) is 1.10. The third kappa shape index (κ3) is 2.68. The lowest BCUT2D eigenvalue weighted by Gasteiger charge is -2.45. The molecular formula is C13H19N3O4. The molecule has 2 heterocycles. The first-order valence-corrected chi connectivity index (χ1v) is 6.39. The molecule has 0 aliphatic carbocycles. The molecule has 1 aromatic heterocycles. The summed E-state index contributed by atoms with van der Waals surface area (Å²) in [5.41, 5.74) is 5.82. The summed E-state index contributed by atoms with van der Waals surface area (Å²) in [4.78, 5) is 14.8. The largest absolute Gasteiger partial charge is 0.465 e. The van der Waals surface area contributed by atoms with Crippen LogP contribution in [0.15, 0.2) is 18.5 Å². The molecule has 1 aliphatic rings. The van der Waals surface area contributed by atoms with Crippen molar-refractivity contribution in [3.8, 4) is 0 Å². The van der Waals surface area contributed by atoms with Crippen LogP contribution in [0.1, 0.15) is 31.9 Å². The van der Waals surface area contributed by atoms with Gasteiger partial charge in [0.1, 0.15) is 5.60 Å². The molecule has 1 amide bonds. The molecule has 2 rings (SSSR count). The number of pyridine rings is 1. The number of rotatable bonds is 2. The zero-order chi connectivity index (χ0) is 14.9. The summed E-state index contributed by atoms with van der Waals surface area (Å²) in [5.74, 6) is 0. The van der Waals surface area contributed by atoms with Crippen molar-refractivity contribution < 1.29 is 19.7 Å². The minimum Gasteiger partial charge on any atom is -0.465 e. The first kappa shape index (κ1) is 14.5. The molecule has 0 radical (unpaired) electrons. The molecule has 1 fully saturated rings. The molecule has 1 saturated heterocycles. The second-order valence-corrected chi connectivity index (χ2v) is 5.24. The van der Waals surface area contributed by atoms with Gasteiger partial charge in [-0.2, -0.15) is 0 Å². The van der Waals surface area contributed by atoms with E-state index in [0.717, 1.165) is 5.56 Å². The van der Waals surface area contributed by atoms with E-state index >= 15 is 0 Å². The van der Waals surface area contributed by atoms with Crippen molar-refractivity contribution in [1.29, 1.82) is 0 Å². The molecule has 7 heteroatoms. The van der Waals surface area contributed by atoms with E-state index in [1.165, 1.54) is 6.20 Å². The van der Waals surface area contributed by atoms with Crippen molar-refractivity contribution in [2.24, 2.45) is 0 Å². The van der Waals surface area contributed by atoms with Crippen LogP contribution in [0.25, 0.3) is 0 Å². The highest BCUT2D eigenvalue weighted by atomic mass is 16.5. The number of nitrogens with one attached hydrogen (secondary N) is 1. The number of aliphatic hydroxyl groups is 1. The predicted molar refractivity (Wildman–Crippen MR) is 72.1 cm³/mol. The first-order valence-electron chi connectivity index (χ1n) is 6.39. The van der Waals surface area contributed by atoms with Crippen molar-refractivity contribution >= 4 is 11.8 Å². The first-order chi connectivity index (χ1) is 9.32. The smallest absolute Gasteiger partial charge is 0.404 e. The molecule has 20 heavy (non-hydrogen) atoms. The SMILES string of the molecule is C[C@@H]1O[C@H](c2ccncc2N)C[C@H](NC(=O)O)[C@@]1(C)O. The van der Waals surface area contributed by atoms with Gasteiger partial charge >= 0.3 is 6.09 Å². The Morgan fingerprint density at radius 3 is 2.95 bits per heavy atom. The third-order valence-electron chi connectivity index (χ3n) is 3.88. The molecule has 0 saturated carbocycles. The Bertz CT molecular complexity index is 506. The van der Waals surface area contributed by atoms with Crippen molar-refractivity contribution in [1.82, 2.24) is 10.3 Å². The molecule has 0 aromatic carbocycles. The van der Waals surface area contributed by atoms with Gasteiger partial charge in [0.05, 0.1) is 30.1 Å². The topological polar surface area (TPSA) is 118 Å². The highest BCUT2D eigenvalue weighted by Crippen LogP contribution is 2.38. The molecule has 110 valence electrons. The Balaban J connectivity index is 2.26. The van der Waals surface area contributed by atoms with E-state index in [2.05, 4.69) is 10.3 Å². The van der Waals surface area contributed by atoms with E-state index in [-0.39, 0.29) is 6.10 Å². The summed E-state index contributed by atoms with van der Waals surface area (Å²) in [7, 11) is 0. The van der Waals surface area contributed by atoms with Crippen LogP contribution >= 0.6 is 0 Å². The monoisotopic (exact) mass is 281 g/mol. The van der Waals surface area contributed by atoms with Gasteiger partial charge in [0, 0.05) is 18.2 Å². The standard InChI is InChI=1S/C13H19N3O4/c1-7-13(2,19)11(16-12(17)18)5-10(20-7)8-3-4-15-6-9(8)14/h3-4,6-7,10-11,16,19H,5,14H2,1-2H3,(H,17,18)/t7-,10-,11-,13-/m0/s1. The lowest BCUT2D eigenvalue weighted by molar-refractivity contribution is -0.175. The van der Waals surface area contributed by atoms with Crippen LogP contribution < -0.4 is 11.1 Å². The molecule has 4 atom stereocenters. The van der Waals surface area contributed by atoms with E-state index in [1.807, 2.05) is 0 Å². The average molecular weight is 281 g/mol. The summed E-state index contributed by atoms with van der Waals surface area (Å²) < 4.78 is 5.79. The van der Waals surface area contributed by atoms with Gasteiger partial charge in [0.25, 0.3) is 0 Å². The number of nitrogens with two attached hydrogens (primary N) is 1. The molecule has 5 N–H and O–H groups in total. The Hall–Kier alpha value is -1.86. The van der Waals surface area contributed by atoms with E-state index in [0.29, 0.717) is 12.1 Å². The maximum Gasteiger partial charge on any atom is 0.404 e. The highest BCUT2D eigenvalue weighted by Gasteiger charge is 2.46. The van der Waals surface area contributed by atoms with Crippen LogP contribution in [0.3, 0.4) is 0 Å². The quantitative estimate of drug-likeness (QED) is 0.639. The second-order valence-electron chi connectivity index (χ2n) is 5.24. The molecule has 1 aromatic rings. The van der Waals surface area contributed by atoms with Crippen molar-refractivity contribution in [3.05, 3.63) is 24.0 Å². The number of carbonyl (C=O) groups is 1. The number of nitrogen functional groups attached to an aromatic ring is 1. The van der Waals surface area contributed by atoms with E-state index in [1.54, 1.807) is 26.1 Å². The van der Waals surface area contributed by atoms with E-state index in [9.17, 15) is 9.90 Å². The lowest BCUT2D eigenvalue weighted by atomic mass is 9.82. The number of carboxylic acid groups (broad SMARTS) is 1. The third-order valence-corrected chi connectivity index (χ3v) is 3.88. The minimum absolute atomic E-state index is 0.303. The summed E-state index contributed by atoms with van der Waals surface area (Å²) in [6.45, 7) is 3.27. The Labute approximate surface area is 116 Å². The lowest BCUT2D eigenvalue weighted by Crippen LogP contribution is -2.60. The van der Waals surface area contributed by atoms with Gasteiger partial charge in [-0.15, -0.1) is 0 Å². The van der Waals surface area contributed by atoms with Gasteiger partial charge in [0.2, 0.25) is 0 Å². The van der Waals surface area contributed by atoms with Gasteiger partial charge in [-0.1, -0.05) is 0 Å². The number of nitrogens with zero attached hydrogens (tertiary/aromatic N) is 1. The molecule has 1 aliphatic heterocycles. The van der Waals surface area contributed by atoms with Gasteiger partial charge < -0.3 is 26.0 Å². The van der Waals surface area contributed by atoms with Crippen LogP contribution in [0, 0.1) is 0 Å². The number of hydrogen-bond donors (Lipinski definition) is 4. The van der Waals surface area contributed by atoms with Crippen molar-refractivity contribution in [2.45, 2.75) is 44.1 Å². The number of ether oxygens (including phenoxy) is 1. The Kier molecular flexibility index (Phi) is 3.82. The van der Waals surface area contributed by atoms with E-state index in [4.69, 9.17) is 15.6 Å². The van der Waals surface area contributed by atoms with Crippen molar-refractivity contribution in [3.63, 3.8) is 0 Å². The van der Waals surface area contributed by atoms with Crippen LogP contribution in [0.2, 0.25) is 0 Å². The Morgan fingerprint density at radius 2 is 2.35 bits per heavy atom. The number of aromatic nitrogens is 1. The van der Waals surface area contributed by atoms with Crippen LogP contribution in [0.4, 0.5) is 10.5 Å². The zero-order valence-electron chi connectivity index (χ0n) is 11.4. The molecule has 0 bridgehead atoms. The van der Waals surface area contributed by atoms with E-state index < -0.39 is 23.8 Å². The number of anilines is 1. The maximum atomic E-state index is 10.9. The van der Waals surface area contributed by atoms with Gasteiger partial charge in [-0.25, -0.2) is 4.79 Å². The average Bonchev–Trinajstić information content (AvgIpc) is 2.35. The molecular weight excluding hydrogens is 262 g/mol.